The molecule has 0 saturated carbocycles. The van der Waals surface area contributed by atoms with Gasteiger partial charge in [-0.3, -0.25) is 4.79 Å². The lowest BCUT2D eigenvalue weighted by Crippen LogP contribution is -2.40. The topological polar surface area (TPSA) is 41.6 Å². The quantitative estimate of drug-likeness (QED) is 0.872. The largest absolute Gasteiger partial charge is 0.481 e. The Bertz CT molecular complexity index is 381. The van der Waals surface area contributed by atoms with E-state index in [1.54, 1.807) is 18.9 Å². The molecular weight excluding hydrogens is 296 g/mol. The minimum Gasteiger partial charge on any atom is -0.481 e. The van der Waals surface area contributed by atoms with Crippen molar-refractivity contribution in [2.24, 2.45) is 0 Å². The van der Waals surface area contributed by atoms with Crippen LogP contribution in [0.4, 0.5) is 0 Å². The first-order chi connectivity index (χ1) is 8.54. The molecule has 1 unspecified atom stereocenters. The first kappa shape index (κ1) is 15.0. The third kappa shape index (κ3) is 4.66. The van der Waals surface area contributed by atoms with Gasteiger partial charge in [-0.05, 0) is 38.2 Å². The number of hydrogen-bond acceptors (Lipinski definition) is 3. The number of amides is 1. The average molecular weight is 315 g/mol. The highest BCUT2D eigenvalue weighted by Gasteiger charge is 2.18. The maximum absolute atomic E-state index is 12.0. The van der Waals surface area contributed by atoms with Crippen LogP contribution < -0.4 is 10.1 Å². The lowest BCUT2D eigenvalue weighted by molar-refractivity contribution is -0.136. The maximum Gasteiger partial charge on any atom is 0.263 e. The smallest absolute Gasteiger partial charge is 0.263 e. The molecule has 0 aliphatic carbocycles. The second-order valence-electron chi connectivity index (χ2n) is 4.08. The van der Waals surface area contributed by atoms with Gasteiger partial charge in [0.05, 0.1) is 0 Å². The van der Waals surface area contributed by atoms with Gasteiger partial charge >= 0.3 is 0 Å². The zero-order chi connectivity index (χ0) is 13.5. The zero-order valence-electron chi connectivity index (χ0n) is 10.9. The summed E-state index contributed by atoms with van der Waals surface area (Å²) in [5.74, 6) is 0.675. The van der Waals surface area contributed by atoms with Gasteiger partial charge in [-0.1, -0.05) is 15.9 Å². The van der Waals surface area contributed by atoms with Crippen molar-refractivity contribution in [1.82, 2.24) is 10.2 Å². The van der Waals surface area contributed by atoms with Gasteiger partial charge in [0.25, 0.3) is 5.91 Å². The molecule has 0 aliphatic heterocycles. The van der Waals surface area contributed by atoms with Gasteiger partial charge in [0, 0.05) is 24.6 Å². The van der Waals surface area contributed by atoms with Crippen LogP contribution in [0, 0.1) is 0 Å². The molecule has 0 radical (unpaired) electrons. The fourth-order valence-corrected chi connectivity index (χ4v) is 1.73. The molecule has 0 fully saturated rings. The first-order valence-electron chi connectivity index (χ1n) is 5.86. The Morgan fingerprint density at radius 3 is 2.61 bits per heavy atom. The van der Waals surface area contributed by atoms with E-state index in [-0.39, 0.29) is 5.91 Å². The summed E-state index contributed by atoms with van der Waals surface area (Å²) in [6, 6.07) is 7.44. The monoisotopic (exact) mass is 314 g/mol. The highest BCUT2D eigenvalue weighted by atomic mass is 79.9. The Morgan fingerprint density at radius 1 is 1.44 bits per heavy atom. The lowest BCUT2D eigenvalue weighted by atomic mass is 10.3. The second-order valence-corrected chi connectivity index (χ2v) is 4.99. The van der Waals surface area contributed by atoms with Crippen molar-refractivity contribution in [3.8, 4) is 5.75 Å². The highest BCUT2D eigenvalue weighted by molar-refractivity contribution is 9.10. The molecule has 100 valence electrons. The zero-order valence-corrected chi connectivity index (χ0v) is 12.5. The van der Waals surface area contributed by atoms with Gasteiger partial charge < -0.3 is 15.0 Å². The highest BCUT2D eigenvalue weighted by Crippen LogP contribution is 2.17. The molecule has 4 nitrogen and oxygen atoms in total. The van der Waals surface area contributed by atoms with E-state index >= 15 is 0 Å². The van der Waals surface area contributed by atoms with Crippen molar-refractivity contribution in [3.05, 3.63) is 28.7 Å². The number of ether oxygens (including phenoxy) is 1. The van der Waals surface area contributed by atoms with Gasteiger partial charge in [0.2, 0.25) is 0 Å². The molecule has 1 N–H and O–H groups in total. The third-order valence-electron chi connectivity index (χ3n) is 2.55. The average Bonchev–Trinajstić information content (AvgIpc) is 2.37. The number of nitrogens with zero attached hydrogens (tertiary/aromatic N) is 1. The van der Waals surface area contributed by atoms with E-state index in [1.165, 1.54) is 0 Å². The predicted molar refractivity (Wildman–Crippen MR) is 75.8 cm³/mol. The van der Waals surface area contributed by atoms with E-state index in [4.69, 9.17) is 4.74 Å². The number of halogens is 1. The number of hydrogen-bond donors (Lipinski definition) is 1. The van der Waals surface area contributed by atoms with Crippen LogP contribution in [0.1, 0.15) is 6.92 Å². The third-order valence-corrected chi connectivity index (χ3v) is 3.08. The number of carbonyl (C=O) groups excluding carboxylic acids is 1. The van der Waals surface area contributed by atoms with Crippen molar-refractivity contribution < 1.29 is 9.53 Å². The molecule has 0 saturated heterocycles. The van der Waals surface area contributed by atoms with E-state index in [0.29, 0.717) is 12.3 Å². The van der Waals surface area contributed by atoms with Crippen LogP contribution in [0.3, 0.4) is 0 Å². The fourth-order valence-electron chi connectivity index (χ4n) is 1.47. The van der Waals surface area contributed by atoms with Crippen LogP contribution in [-0.4, -0.2) is 44.1 Å². The first-order valence-corrected chi connectivity index (χ1v) is 6.65. The number of nitrogens with one attached hydrogen (secondary N) is 1. The predicted octanol–water partition coefficient (Wildman–Crippen LogP) is 1.89. The van der Waals surface area contributed by atoms with Crippen molar-refractivity contribution in [3.63, 3.8) is 0 Å². The van der Waals surface area contributed by atoms with E-state index in [2.05, 4.69) is 21.2 Å². The normalized spacial score (nSPS) is 12.0. The second kappa shape index (κ2) is 7.38. The van der Waals surface area contributed by atoms with Crippen LogP contribution in [-0.2, 0) is 4.79 Å². The molecule has 0 aromatic heterocycles. The fraction of sp³-hybridized carbons (Fsp3) is 0.462. The Hall–Kier alpha value is -1.07. The maximum atomic E-state index is 12.0. The van der Waals surface area contributed by atoms with Crippen LogP contribution in [0.15, 0.2) is 28.7 Å². The molecule has 5 heteroatoms. The van der Waals surface area contributed by atoms with E-state index in [9.17, 15) is 4.79 Å². The van der Waals surface area contributed by atoms with Crippen LogP contribution in [0.25, 0.3) is 0 Å². The summed E-state index contributed by atoms with van der Waals surface area (Å²) < 4.78 is 6.59. The summed E-state index contributed by atoms with van der Waals surface area (Å²) in [4.78, 5) is 13.7. The molecule has 1 atom stereocenters. The van der Waals surface area contributed by atoms with Gasteiger partial charge in [-0.2, -0.15) is 0 Å². The number of likely N-dealkylation sites (N-methyl/N-ethyl adjacent to an activating group) is 2. The molecule has 18 heavy (non-hydrogen) atoms. The lowest BCUT2D eigenvalue weighted by Gasteiger charge is -2.22. The van der Waals surface area contributed by atoms with E-state index in [0.717, 1.165) is 11.0 Å². The van der Waals surface area contributed by atoms with Gasteiger partial charge in [-0.15, -0.1) is 0 Å². The Morgan fingerprint density at radius 2 is 2.06 bits per heavy atom. The van der Waals surface area contributed by atoms with E-state index < -0.39 is 6.10 Å². The SMILES string of the molecule is CNCCN(C)C(=O)C(C)Oc1ccc(Br)cc1. The van der Waals surface area contributed by atoms with Gasteiger partial charge in [0.1, 0.15) is 5.75 Å². The number of benzene rings is 1. The van der Waals surface area contributed by atoms with Crippen LogP contribution in [0.5, 0.6) is 5.75 Å². The number of carbonyl (C=O) groups is 1. The van der Waals surface area contributed by atoms with Crippen molar-refractivity contribution >= 4 is 21.8 Å². The Labute approximate surface area is 116 Å². The Balaban J connectivity index is 2.51. The molecule has 1 aromatic rings. The summed E-state index contributed by atoms with van der Waals surface area (Å²) in [6.45, 7) is 3.21. The molecule has 0 heterocycles. The molecule has 0 bridgehead atoms. The number of rotatable bonds is 6. The molecule has 0 spiro atoms. The summed E-state index contributed by atoms with van der Waals surface area (Å²) in [7, 11) is 3.64. The summed E-state index contributed by atoms with van der Waals surface area (Å²) >= 11 is 3.35. The van der Waals surface area contributed by atoms with Gasteiger partial charge in [-0.25, -0.2) is 0 Å². The van der Waals surface area contributed by atoms with Crippen LogP contribution >= 0.6 is 15.9 Å². The van der Waals surface area contributed by atoms with Crippen molar-refractivity contribution in [1.29, 1.82) is 0 Å². The Kier molecular flexibility index (Phi) is 6.15. The molecule has 1 rings (SSSR count). The standard InChI is InChI=1S/C13H19BrN2O2/c1-10(13(17)16(3)9-8-15-2)18-12-6-4-11(14)5-7-12/h4-7,10,15H,8-9H2,1-3H3. The molecule has 0 aliphatic rings. The summed E-state index contributed by atoms with van der Waals surface area (Å²) in [5, 5.41) is 3.01. The van der Waals surface area contributed by atoms with Gasteiger partial charge in [0.15, 0.2) is 6.10 Å². The van der Waals surface area contributed by atoms with Crippen molar-refractivity contribution in [2.75, 3.05) is 27.2 Å². The summed E-state index contributed by atoms with van der Waals surface area (Å²) in [5.41, 5.74) is 0. The van der Waals surface area contributed by atoms with E-state index in [1.807, 2.05) is 31.3 Å². The molecule has 1 aromatic carbocycles. The molecular formula is C13H19BrN2O2. The minimum atomic E-state index is -0.479. The molecule has 1 amide bonds. The van der Waals surface area contributed by atoms with Crippen molar-refractivity contribution in [2.45, 2.75) is 13.0 Å². The minimum absolute atomic E-state index is 0.0202. The van der Waals surface area contributed by atoms with Crippen LogP contribution in [0.2, 0.25) is 0 Å². The summed E-state index contributed by atoms with van der Waals surface area (Å²) in [6.07, 6.45) is -0.479.